The highest BCUT2D eigenvalue weighted by atomic mass is 16.7. The molecule has 1 saturated heterocycles. The van der Waals surface area contributed by atoms with Crippen molar-refractivity contribution >= 4 is 5.91 Å². The number of amides is 1. The fraction of sp³-hybridized carbons (Fsp3) is 0.919. The second kappa shape index (κ2) is 51.4. The number of rotatable bonds is 54. The lowest BCUT2D eigenvalue weighted by Gasteiger charge is -2.40. The van der Waals surface area contributed by atoms with Gasteiger partial charge in [-0.2, -0.15) is 0 Å². The lowest BCUT2D eigenvalue weighted by molar-refractivity contribution is -0.303. The Balaban J connectivity index is 2.29. The van der Waals surface area contributed by atoms with Crippen LogP contribution in [0.1, 0.15) is 296 Å². The Morgan fingerprint density at radius 2 is 0.808 bits per heavy atom. The molecule has 0 aromatic rings. The van der Waals surface area contributed by atoms with Gasteiger partial charge in [0.2, 0.25) is 5.91 Å². The van der Waals surface area contributed by atoms with Crippen LogP contribution in [-0.4, -0.2) is 110 Å². The molecular formula is C62H119NO10. The van der Waals surface area contributed by atoms with Crippen LogP contribution in [0.15, 0.2) is 24.3 Å². The highest BCUT2D eigenvalue weighted by Crippen LogP contribution is 2.23. The van der Waals surface area contributed by atoms with Crippen molar-refractivity contribution < 1.29 is 50.0 Å². The van der Waals surface area contributed by atoms with Gasteiger partial charge >= 0.3 is 0 Å². The molecule has 11 heteroatoms. The molecule has 0 saturated carbocycles. The monoisotopic (exact) mass is 1040 g/mol. The number of hydrogen-bond donors (Lipinski definition) is 8. The molecule has 1 fully saturated rings. The number of nitrogens with one attached hydrogen (secondary N) is 1. The summed E-state index contributed by atoms with van der Waals surface area (Å²) in [4.78, 5) is 13.2. The van der Waals surface area contributed by atoms with Crippen LogP contribution < -0.4 is 5.32 Å². The van der Waals surface area contributed by atoms with E-state index in [1.165, 1.54) is 199 Å². The van der Waals surface area contributed by atoms with E-state index in [2.05, 4.69) is 43.5 Å². The van der Waals surface area contributed by atoms with E-state index in [-0.39, 0.29) is 12.8 Å². The molecule has 1 aliphatic rings. The molecule has 9 atom stereocenters. The zero-order valence-electron chi connectivity index (χ0n) is 47.4. The van der Waals surface area contributed by atoms with Crippen molar-refractivity contribution in [1.29, 1.82) is 0 Å². The number of carbonyl (C=O) groups is 1. The molecule has 432 valence electrons. The maximum absolute atomic E-state index is 13.2. The Morgan fingerprint density at radius 3 is 1.18 bits per heavy atom. The first-order chi connectivity index (χ1) is 35.7. The number of carbonyl (C=O) groups excluding carboxylic acids is 1. The first-order valence-electron chi connectivity index (χ1n) is 31.2. The minimum atomic E-state index is -1.67. The van der Waals surface area contributed by atoms with Crippen molar-refractivity contribution in [1.82, 2.24) is 5.32 Å². The molecule has 0 aromatic carbocycles. The quantitative estimate of drug-likeness (QED) is 0.0215. The number of unbranched alkanes of at least 4 members (excludes halogenated alkanes) is 38. The predicted molar refractivity (Wildman–Crippen MR) is 302 cm³/mol. The average molecular weight is 1040 g/mol. The van der Waals surface area contributed by atoms with Crippen LogP contribution in [0.3, 0.4) is 0 Å². The second-order valence-electron chi connectivity index (χ2n) is 22.1. The van der Waals surface area contributed by atoms with Gasteiger partial charge in [0.15, 0.2) is 6.29 Å². The van der Waals surface area contributed by atoms with Crippen LogP contribution in [-0.2, 0) is 14.3 Å². The molecule has 1 rings (SSSR count). The Labute approximate surface area is 448 Å². The number of aliphatic hydroxyl groups is 7. The lowest BCUT2D eigenvalue weighted by atomic mass is 9.98. The molecule has 73 heavy (non-hydrogen) atoms. The molecule has 9 unspecified atom stereocenters. The molecule has 0 bridgehead atoms. The van der Waals surface area contributed by atoms with E-state index in [0.29, 0.717) is 12.8 Å². The van der Waals surface area contributed by atoms with Crippen LogP contribution in [0, 0.1) is 0 Å². The van der Waals surface area contributed by atoms with Gasteiger partial charge in [-0.15, -0.1) is 0 Å². The van der Waals surface area contributed by atoms with E-state index < -0.39 is 74.2 Å². The molecule has 0 spiro atoms. The Morgan fingerprint density at radius 1 is 0.466 bits per heavy atom. The van der Waals surface area contributed by atoms with E-state index in [4.69, 9.17) is 9.47 Å². The van der Waals surface area contributed by atoms with Crippen LogP contribution in [0.5, 0.6) is 0 Å². The largest absolute Gasteiger partial charge is 0.394 e. The van der Waals surface area contributed by atoms with Crippen molar-refractivity contribution in [2.75, 3.05) is 13.2 Å². The molecular weight excluding hydrogens is 919 g/mol. The first-order valence-corrected chi connectivity index (χ1v) is 31.2. The standard InChI is InChI=1S/C62H119NO10/c1-3-5-7-9-11-13-15-17-19-21-23-25-26-27-28-30-31-33-35-37-39-41-43-45-47-49-54(65)57(67)53(52-72-62-60(70)59(69)58(68)56(51-64)73-62)63-61(71)55(66)50-48-46-44-42-40-38-36-34-32-29-24-22-20-18-16-14-12-10-8-6-4-2/h32,34,41,43,53-60,62,64-70H,3-31,33,35-40,42,44-52H2,1-2H3,(H,63,71)/b34-32-,43-41+. The zero-order valence-corrected chi connectivity index (χ0v) is 47.4. The minimum absolute atomic E-state index is 0.248. The topological polar surface area (TPSA) is 189 Å². The van der Waals surface area contributed by atoms with Gasteiger partial charge in [0.05, 0.1) is 25.4 Å². The summed E-state index contributed by atoms with van der Waals surface area (Å²) in [7, 11) is 0. The maximum Gasteiger partial charge on any atom is 0.249 e. The van der Waals surface area contributed by atoms with Gasteiger partial charge in [0, 0.05) is 0 Å². The highest BCUT2D eigenvalue weighted by molar-refractivity contribution is 5.80. The summed E-state index contributed by atoms with van der Waals surface area (Å²) in [6.07, 6.45) is 51.0. The minimum Gasteiger partial charge on any atom is -0.394 e. The third-order valence-electron chi connectivity index (χ3n) is 15.2. The number of hydrogen-bond acceptors (Lipinski definition) is 10. The maximum atomic E-state index is 13.2. The lowest BCUT2D eigenvalue weighted by Crippen LogP contribution is -2.60. The number of aliphatic hydroxyl groups excluding tert-OH is 7. The summed E-state index contributed by atoms with van der Waals surface area (Å²) in [5.41, 5.74) is 0. The summed E-state index contributed by atoms with van der Waals surface area (Å²) >= 11 is 0. The van der Waals surface area contributed by atoms with Gasteiger partial charge in [0.1, 0.15) is 36.6 Å². The molecule has 11 nitrogen and oxygen atoms in total. The van der Waals surface area contributed by atoms with Gasteiger partial charge in [-0.1, -0.05) is 256 Å². The van der Waals surface area contributed by atoms with E-state index in [1.54, 1.807) is 0 Å². The Hall–Kier alpha value is -1.41. The van der Waals surface area contributed by atoms with E-state index in [0.717, 1.165) is 57.8 Å². The van der Waals surface area contributed by atoms with Gasteiger partial charge < -0.3 is 50.5 Å². The van der Waals surface area contributed by atoms with Crippen LogP contribution >= 0.6 is 0 Å². The Kier molecular flexibility index (Phi) is 49.0. The number of allylic oxidation sites excluding steroid dienone is 4. The number of ether oxygens (including phenoxy) is 2. The smallest absolute Gasteiger partial charge is 0.249 e. The summed E-state index contributed by atoms with van der Waals surface area (Å²) in [6.45, 7) is 3.48. The van der Waals surface area contributed by atoms with E-state index in [1.807, 2.05) is 0 Å². The molecule has 0 radical (unpaired) electrons. The second-order valence-corrected chi connectivity index (χ2v) is 22.1. The zero-order chi connectivity index (χ0) is 53.3. The van der Waals surface area contributed by atoms with Crippen molar-refractivity contribution in [3.8, 4) is 0 Å². The van der Waals surface area contributed by atoms with Crippen molar-refractivity contribution in [2.24, 2.45) is 0 Å². The molecule has 8 N–H and O–H groups in total. The van der Waals surface area contributed by atoms with Gasteiger partial charge in [-0.05, 0) is 64.2 Å². The van der Waals surface area contributed by atoms with E-state index in [9.17, 15) is 40.5 Å². The molecule has 1 amide bonds. The average Bonchev–Trinajstić information content (AvgIpc) is 3.39. The third-order valence-corrected chi connectivity index (χ3v) is 15.2. The van der Waals surface area contributed by atoms with E-state index >= 15 is 0 Å². The van der Waals surface area contributed by atoms with Crippen LogP contribution in [0.2, 0.25) is 0 Å². The molecule has 0 aromatic heterocycles. The summed E-state index contributed by atoms with van der Waals surface area (Å²) < 4.78 is 11.2. The normalized spacial score (nSPS) is 20.0. The first kappa shape index (κ1) is 69.6. The predicted octanol–water partition coefficient (Wildman–Crippen LogP) is 13.7. The highest BCUT2D eigenvalue weighted by Gasteiger charge is 2.44. The molecule has 0 aliphatic carbocycles. The molecule has 1 aliphatic heterocycles. The summed E-state index contributed by atoms with van der Waals surface area (Å²) in [5.74, 6) is -0.707. The summed E-state index contributed by atoms with van der Waals surface area (Å²) in [5, 5.41) is 76.2. The van der Waals surface area contributed by atoms with Gasteiger partial charge in [-0.3, -0.25) is 4.79 Å². The fourth-order valence-electron chi connectivity index (χ4n) is 10.1. The summed E-state index contributed by atoms with van der Waals surface area (Å²) in [6, 6.07) is -1.19. The van der Waals surface area contributed by atoms with Crippen molar-refractivity contribution in [3.05, 3.63) is 24.3 Å². The SMILES string of the molecule is CCCCCCCCCCCCC/C=C\CCCCCCCCC(O)C(=O)NC(COC1OC(CO)C(O)C(O)C1O)C(O)C(O)CCC/C=C/CCCCCCCCCCCCCCCCCCCCCC. The third kappa shape index (κ3) is 39.6. The fourth-order valence-corrected chi connectivity index (χ4v) is 10.1. The van der Waals surface area contributed by atoms with Crippen LogP contribution in [0.25, 0.3) is 0 Å². The van der Waals surface area contributed by atoms with Gasteiger partial charge in [0.25, 0.3) is 0 Å². The molecule has 1 heterocycles. The van der Waals surface area contributed by atoms with Gasteiger partial charge in [-0.25, -0.2) is 0 Å². The van der Waals surface area contributed by atoms with Crippen molar-refractivity contribution in [3.63, 3.8) is 0 Å². The van der Waals surface area contributed by atoms with Crippen LogP contribution in [0.4, 0.5) is 0 Å². The Bertz CT molecular complexity index is 1240. The van der Waals surface area contributed by atoms with Crippen molar-refractivity contribution in [2.45, 2.75) is 351 Å².